The number of carboxylic acids is 1. The van der Waals surface area contributed by atoms with Gasteiger partial charge < -0.3 is 33.5 Å². The first-order valence-electron chi connectivity index (χ1n) is 10.4. The van der Waals surface area contributed by atoms with Gasteiger partial charge in [-0.2, -0.15) is 0 Å². The zero-order valence-electron chi connectivity index (χ0n) is 18.6. The van der Waals surface area contributed by atoms with Crippen LogP contribution in [-0.4, -0.2) is 78.9 Å². The molecule has 12 heteroatoms. The number of esters is 4. The van der Waals surface area contributed by atoms with E-state index in [1.807, 2.05) is 0 Å². The molecule has 0 radical (unpaired) electrons. The third-order valence-electron chi connectivity index (χ3n) is 3.17. The number of hydrogen-bond acceptors (Lipinski definition) is 11. The van der Waals surface area contributed by atoms with Gasteiger partial charge in [-0.15, -0.1) is 0 Å². The summed E-state index contributed by atoms with van der Waals surface area (Å²) in [6.07, 6.45) is -8.32. The predicted octanol–water partition coefficient (Wildman–Crippen LogP) is -0.829. The van der Waals surface area contributed by atoms with Crippen LogP contribution in [-0.2, 0) is 52.4 Å². The zero-order chi connectivity index (χ0) is 24.3. The molecule has 12 nitrogen and oxygen atoms in total. The molecule has 28 heavy (non-hydrogen) atoms. The predicted molar refractivity (Wildman–Crippen MR) is 85.5 cm³/mol. The van der Waals surface area contributed by atoms with E-state index in [0.717, 1.165) is 0 Å². The number of carboxylic acid groups (broad SMARTS) is 1. The van der Waals surface area contributed by atoms with E-state index >= 15 is 0 Å². The molecule has 0 saturated carbocycles. The van der Waals surface area contributed by atoms with E-state index in [2.05, 4.69) is 0 Å². The molecule has 1 saturated heterocycles. The van der Waals surface area contributed by atoms with Gasteiger partial charge in [-0.1, -0.05) is 0 Å². The monoisotopic (exact) mass is 410 g/mol. The van der Waals surface area contributed by atoms with Crippen LogP contribution in [0.3, 0.4) is 0 Å². The molecule has 0 aromatic heterocycles. The molecule has 0 bridgehead atoms. The number of rotatable bonds is 8. The van der Waals surface area contributed by atoms with Gasteiger partial charge in [-0.05, 0) is 0 Å². The van der Waals surface area contributed by atoms with Crippen LogP contribution in [0.15, 0.2) is 0 Å². The molecule has 1 heterocycles. The first-order chi connectivity index (χ1) is 15.2. The molecule has 1 N–H and O–H groups in total. The summed E-state index contributed by atoms with van der Waals surface area (Å²) >= 11 is 0. The Balaban J connectivity index is 3.36. The molecular formula is C16H22O12. The maximum atomic E-state index is 11.8. The van der Waals surface area contributed by atoms with E-state index < -0.39 is 101 Å². The van der Waals surface area contributed by atoms with Crippen LogP contribution in [0, 0.1) is 0 Å². The van der Waals surface area contributed by atoms with E-state index in [4.69, 9.17) is 39.0 Å². The molecule has 1 aliphatic heterocycles. The summed E-state index contributed by atoms with van der Waals surface area (Å²) in [6.45, 7) is -5.05. The minimum atomic E-state index is -1.74. The van der Waals surface area contributed by atoms with Crippen molar-refractivity contribution in [2.24, 2.45) is 0 Å². The van der Waals surface area contributed by atoms with Gasteiger partial charge in [0.15, 0.2) is 24.6 Å². The molecule has 0 aromatic carbocycles. The average Bonchev–Trinajstić information content (AvgIpc) is 2.78. The topological polar surface area (TPSA) is 161 Å². The standard InChI is InChI=1S/C16H22O12/c1-7(17)23-5-11-13(25-8(2)18)14(26-9(3)19)15(27-10(4)20)16(28-11)24-6-12(21)22/h11,13-16H,5-6H2,1-4H3,(H,21,22)/t11-,13-,14+,15+,16?/m1/s1/i1D,2D,3D,4D. The normalized spacial score (nSPS) is 28.5. The van der Waals surface area contributed by atoms with Crippen molar-refractivity contribution in [2.45, 2.75) is 58.3 Å². The fourth-order valence-electron chi connectivity index (χ4n) is 2.33. The lowest BCUT2D eigenvalue weighted by Crippen LogP contribution is -2.63. The maximum Gasteiger partial charge on any atom is 0.329 e. The molecule has 0 aliphatic carbocycles. The number of aliphatic carboxylic acids is 1. The SMILES string of the molecule is [2H]CC(=O)OC[C@H]1OC(OCC(=O)O)[C@@H](OC(=O)C[2H])[C@@H](OC(=O)C[2H])[C@@H]1OC(=O)C[2H]. The number of ether oxygens (including phenoxy) is 6. The van der Waals surface area contributed by atoms with E-state index in [1.54, 1.807) is 0 Å². The van der Waals surface area contributed by atoms with Crippen molar-refractivity contribution >= 4 is 29.8 Å². The minimum Gasteiger partial charge on any atom is -0.480 e. The van der Waals surface area contributed by atoms with E-state index in [-0.39, 0.29) is 0 Å². The van der Waals surface area contributed by atoms with Gasteiger partial charge in [-0.25, -0.2) is 4.79 Å². The highest BCUT2D eigenvalue weighted by Gasteiger charge is 2.52. The Morgan fingerprint density at radius 2 is 1.39 bits per heavy atom. The Kier molecular flexibility index (Phi) is 6.56. The first-order valence-corrected chi connectivity index (χ1v) is 7.56. The molecule has 0 aromatic rings. The highest BCUT2D eigenvalue weighted by atomic mass is 16.7. The Morgan fingerprint density at radius 1 is 0.857 bits per heavy atom. The van der Waals surface area contributed by atoms with Gasteiger partial charge in [0.2, 0.25) is 0 Å². The van der Waals surface area contributed by atoms with Crippen LogP contribution in [0.25, 0.3) is 0 Å². The summed E-state index contributed by atoms with van der Waals surface area (Å²) in [4.78, 5) is 57.6. The Morgan fingerprint density at radius 3 is 1.93 bits per heavy atom. The lowest BCUT2D eigenvalue weighted by atomic mass is 9.98. The average molecular weight is 410 g/mol. The van der Waals surface area contributed by atoms with Crippen LogP contribution < -0.4 is 0 Å². The van der Waals surface area contributed by atoms with Gasteiger partial charge in [0.25, 0.3) is 0 Å². The van der Waals surface area contributed by atoms with Crippen molar-refractivity contribution in [1.82, 2.24) is 0 Å². The Labute approximate surface area is 165 Å². The molecule has 0 spiro atoms. The summed E-state index contributed by atoms with van der Waals surface area (Å²) in [5.74, 6) is -5.88. The molecular weight excluding hydrogens is 384 g/mol. The minimum absolute atomic E-state index is 0.672. The van der Waals surface area contributed by atoms with Crippen LogP contribution >= 0.6 is 0 Å². The highest BCUT2D eigenvalue weighted by molar-refractivity contribution is 5.69. The highest BCUT2D eigenvalue weighted by Crippen LogP contribution is 2.29. The smallest absolute Gasteiger partial charge is 0.329 e. The summed E-state index contributed by atoms with van der Waals surface area (Å²) in [5.41, 5.74) is 0. The number of hydrogen-bond donors (Lipinski definition) is 1. The van der Waals surface area contributed by atoms with E-state index in [1.165, 1.54) is 0 Å². The van der Waals surface area contributed by atoms with Crippen molar-refractivity contribution in [3.8, 4) is 0 Å². The lowest BCUT2D eigenvalue weighted by molar-refractivity contribution is -0.307. The molecule has 158 valence electrons. The van der Waals surface area contributed by atoms with Crippen molar-refractivity contribution < 1.29 is 63.0 Å². The quantitative estimate of drug-likeness (QED) is 0.391. The summed E-state index contributed by atoms with van der Waals surface area (Å²) < 4.78 is 58.7. The lowest BCUT2D eigenvalue weighted by Gasteiger charge is -2.43. The van der Waals surface area contributed by atoms with Gasteiger partial charge in [-0.3, -0.25) is 19.2 Å². The van der Waals surface area contributed by atoms with Gasteiger partial charge in [0, 0.05) is 33.1 Å². The molecule has 1 unspecified atom stereocenters. The van der Waals surface area contributed by atoms with Crippen molar-refractivity contribution in [3.63, 3.8) is 0 Å². The second kappa shape index (κ2) is 10.6. The van der Waals surface area contributed by atoms with Crippen LogP contribution in [0.5, 0.6) is 0 Å². The summed E-state index contributed by atoms with van der Waals surface area (Å²) in [7, 11) is 0. The second-order valence-electron chi connectivity index (χ2n) is 5.29. The van der Waals surface area contributed by atoms with Crippen LogP contribution in [0.1, 0.15) is 33.1 Å². The van der Waals surface area contributed by atoms with Gasteiger partial charge in [0.05, 0.1) is 0 Å². The van der Waals surface area contributed by atoms with E-state index in [9.17, 15) is 24.0 Å². The van der Waals surface area contributed by atoms with Gasteiger partial charge >= 0.3 is 29.8 Å². The summed E-state index contributed by atoms with van der Waals surface area (Å²) in [6, 6.07) is 0. The van der Waals surface area contributed by atoms with Gasteiger partial charge in [0.1, 0.15) is 19.3 Å². The molecule has 1 rings (SSSR count). The Hall–Kier alpha value is -2.73. The third-order valence-corrected chi connectivity index (χ3v) is 3.17. The maximum absolute atomic E-state index is 11.8. The fraction of sp³-hybridized carbons (Fsp3) is 0.688. The number of carbonyl (C=O) groups is 5. The first kappa shape index (κ1) is 17.4. The van der Waals surface area contributed by atoms with Crippen molar-refractivity contribution in [2.75, 3.05) is 13.2 Å². The van der Waals surface area contributed by atoms with Crippen LogP contribution in [0.2, 0.25) is 0 Å². The van der Waals surface area contributed by atoms with E-state index in [0.29, 0.717) is 0 Å². The Bertz CT molecular complexity index is 690. The van der Waals surface area contributed by atoms with Crippen molar-refractivity contribution in [3.05, 3.63) is 0 Å². The molecule has 1 aliphatic rings. The molecule has 1 fully saturated rings. The number of carbonyl (C=O) groups excluding carboxylic acids is 4. The zero-order valence-corrected chi connectivity index (χ0v) is 14.6. The van der Waals surface area contributed by atoms with Crippen LogP contribution in [0.4, 0.5) is 0 Å². The fourth-order valence-corrected chi connectivity index (χ4v) is 2.33. The third kappa shape index (κ3) is 7.48. The molecule has 5 atom stereocenters. The molecule has 0 amide bonds. The second-order valence-corrected chi connectivity index (χ2v) is 5.29. The van der Waals surface area contributed by atoms with Crippen molar-refractivity contribution in [1.29, 1.82) is 0 Å². The largest absolute Gasteiger partial charge is 0.480 e. The summed E-state index contributed by atoms with van der Waals surface area (Å²) in [5, 5.41) is 8.88.